The lowest BCUT2D eigenvalue weighted by Gasteiger charge is -2.15. The van der Waals surface area contributed by atoms with Crippen LogP contribution in [0.25, 0.3) is 22.1 Å². The van der Waals surface area contributed by atoms with Gasteiger partial charge in [-0.3, -0.25) is 14.2 Å². The lowest BCUT2D eigenvalue weighted by atomic mass is 10.2. The Morgan fingerprint density at radius 2 is 2.03 bits per heavy atom. The van der Waals surface area contributed by atoms with Gasteiger partial charge in [0.05, 0.1) is 18.4 Å². The van der Waals surface area contributed by atoms with E-state index in [0.29, 0.717) is 41.0 Å². The van der Waals surface area contributed by atoms with E-state index in [1.165, 1.54) is 11.8 Å². The Balaban J connectivity index is 1.41. The van der Waals surface area contributed by atoms with Crippen LogP contribution < -0.4 is 10.9 Å². The largest absolute Gasteiger partial charge is 0.448 e. The number of furan rings is 1. The molecule has 0 bridgehead atoms. The van der Waals surface area contributed by atoms with Crippen molar-refractivity contribution in [1.29, 1.82) is 0 Å². The van der Waals surface area contributed by atoms with Crippen molar-refractivity contribution in [3.8, 4) is 0 Å². The molecule has 1 amide bonds. The number of para-hydroxylation sites is 1. The van der Waals surface area contributed by atoms with E-state index in [2.05, 4.69) is 5.32 Å². The Kier molecular flexibility index (Phi) is 6.39. The number of rotatable bonds is 7. The van der Waals surface area contributed by atoms with Crippen LogP contribution in [0.4, 0.5) is 0 Å². The highest BCUT2D eigenvalue weighted by atomic mass is 35.5. The van der Waals surface area contributed by atoms with Gasteiger partial charge in [0.25, 0.3) is 5.56 Å². The lowest BCUT2D eigenvalue weighted by molar-refractivity contribution is -0.118. The molecule has 0 aliphatic carbocycles. The average Bonchev–Trinajstić information content (AvgIpc) is 3.47. The van der Waals surface area contributed by atoms with E-state index in [1.54, 1.807) is 10.6 Å². The van der Waals surface area contributed by atoms with E-state index < -0.39 is 0 Å². The van der Waals surface area contributed by atoms with E-state index in [4.69, 9.17) is 25.7 Å². The molecule has 7 nitrogen and oxygen atoms in total. The quantitative estimate of drug-likeness (QED) is 0.310. The zero-order valence-corrected chi connectivity index (χ0v) is 19.3. The van der Waals surface area contributed by atoms with Crippen LogP contribution in [0, 0.1) is 0 Å². The number of fused-ring (bicyclic) bond motifs is 3. The van der Waals surface area contributed by atoms with Crippen molar-refractivity contribution in [2.24, 2.45) is 0 Å². The van der Waals surface area contributed by atoms with Gasteiger partial charge in [0.2, 0.25) is 11.5 Å². The zero-order valence-electron chi connectivity index (χ0n) is 17.8. The highest BCUT2D eigenvalue weighted by Gasteiger charge is 2.23. The third-order valence-corrected chi connectivity index (χ3v) is 6.97. The highest BCUT2D eigenvalue weighted by molar-refractivity contribution is 7.99. The number of carbonyl (C=O) groups is 1. The maximum atomic E-state index is 13.3. The number of hydrogen-bond acceptors (Lipinski definition) is 6. The van der Waals surface area contributed by atoms with Gasteiger partial charge in [0.15, 0.2) is 5.16 Å². The molecular weight excluding hydrogens is 462 g/mol. The molecule has 4 aromatic rings. The number of nitrogens with zero attached hydrogens (tertiary/aromatic N) is 2. The molecule has 1 aliphatic rings. The van der Waals surface area contributed by atoms with Crippen molar-refractivity contribution in [3.05, 3.63) is 69.5 Å². The van der Waals surface area contributed by atoms with Gasteiger partial charge in [-0.25, -0.2) is 4.98 Å². The van der Waals surface area contributed by atoms with Crippen LogP contribution >= 0.6 is 23.4 Å². The van der Waals surface area contributed by atoms with Gasteiger partial charge in [-0.15, -0.1) is 0 Å². The van der Waals surface area contributed by atoms with E-state index in [-0.39, 0.29) is 28.9 Å². The molecule has 170 valence electrons. The van der Waals surface area contributed by atoms with Crippen LogP contribution in [0.3, 0.4) is 0 Å². The van der Waals surface area contributed by atoms with E-state index >= 15 is 0 Å². The summed E-state index contributed by atoms with van der Waals surface area (Å²) in [6.07, 6.45) is 1.79. The Morgan fingerprint density at radius 3 is 2.85 bits per heavy atom. The third-order valence-electron chi connectivity index (χ3n) is 5.62. The van der Waals surface area contributed by atoms with Gasteiger partial charge in [-0.1, -0.05) is 53.7 Å². The molecule has 1 aliphatic heterocycles. The normalized spacial score (nSPS) is 16.0. The first-order valence-electron chi connectivity index (χ1n) is 10.8. The molecule has 9 heteroatoms. The van der Waals surface area contributed by atoms with Crippen LogP contribution in [0.2, 0.25) is 5.02 Å². The SMILES string of the molecule is O=C(CSc1nc2c(oc3ccccc32)c(=O)n1CC1CCCO1)NCc1ccccc1Cl. The molecule has 0 spiro atoms. The van der Waals surface area contributed by atoms with Crippen molar-refractivity contribution < 1.29 is 13.9 Å². The van der Waals surface area contributed by atoms with E-state index in [9.17, 15) is 9.59 Å². The molecular formula is C24H22ClN3O4S. The van der Waals surface area contributed by atoms with Crippen molar-refractivity contribution in [2.75, 3.05) is 12.4 Å². The maximum absolute atomic E-state index is 13.3. The number of carbonyl (C=O) groups excluding carboxylic acids is 1. The average molecular weight is 484 g/mol. The van der Waals surface area contributed by atoms with Crippen LogP contribution in [0.15, 0.2) is 62.9 Å². The van der Waals surface area contributed by atoms with Crippen LogP contribution in [0.1, 0.15) is 18.4 Å². The Labute approximate surface area is 199 Å². The number of hydrogen-bond donors (Lipinski definition) is 1. The minimum absolute atomic E-state index is 0.0558. The Morgan fingerprint density at radius 1 is 1.21 bits per heavy atom. The van der Waals surface area contributed by atoms with E-state index in [0.717, 1.165) is 23.8 Å². The highest BCUT2D eigenvalue weighted by Crippen LogP contribution is 2.28. The molecule has 1 fully saturated rings. The minimum atomic E-state index is -0.259. The molecule has 0 radical (unpaired) electrons. The fourth-order valence-corrected chi connectivity index (χ4v) is 4.97. The van der Waals surface area contributed by atoms with Crippen LogP contribution in [0.5, 0.6) is 0 Å². The summed E-state index contributed by atoms with van der Waals surface area (Å²) in [5.41, 5.74) is 1.93. The monoisotopic (exact) mass is 483 g/mol. The molecule has 1 atom stereocenters. The Hall–Kier alpha value is -2.81. The number of nitrogens with one attached hydrogen (secondary N) is 1. The van der Waals surface area contributed by atoms with Crippen LogP contribution in [-0.4, -0.2) is 33.9 Å². The minimum Gasteiger partial charge on any atom is -0.448 e. The fraction of sp³-hybridized carbons (Fsp3) is 0.292. The van der Waals surface area contributed by atoms with Gasteiger partial charge < -0.3 is 14.5 Å². The predicted molar refractivity (Wildman–Crippen MR) is 129 cm³/mol. The summed E-state index contributed by atoms with van der Waals surface area (Å²) in [4.78, 5) is 30.6. The predicted octanol–water partition coefficient (Wildman–Crippen LogP) is 4.38. The number of aromatic nitrogens is 2. The third kappa shape index (κ3) is 4.64. The maximum Gasteiger partial charge on any atom is 0.297 e. The first-order valence-corrected chi connectivity index (χ1v) is 12.1. The van der Waals surface area contributed by atoms with E-state index in [1.807, 2.05) is 42.5 Å². The first-order chi connectivity index (χ1) is 16.1. The van der Waals surface area contributed by atoms with Gasteiger partial charge in [-0.05, 0) is 36.6 Å². The summed E-state index contributed by atoms with van der Waals surface area (Å²) in [6.45, 7) is 1.40. The molecule has 1 unspecified atom stereocenters. The number of thioether (sulfide) groups is 1. The van der Waals surface area contributed by atoms with Crippen molar-refractivity contribution in [2.45, 2.75) is 37.2 Å². The second-order valence-electron chi connectivity index (χ2n) is 7.88. The summed E-state index contributed by atoms with van der Waals surface area (Å²) in [5.74, 6) is -0.0565. The van der Waals surface area contributed by atoms with Gasteiger partial charge in [0, 0.05) is 23.6 Å². The lowest BCUT2D eigenvalue weighted by Crippen LogP contribution is -2.29. The standard InChI is InChI=1S/C24H22ClN3O4S/c25-18-9-3-1-6-15(18)12-26-20(29)14-33-24-27-21-17-8-2-4-10-19(17)32-22(21)23(30)28(24)13-16-7-5-11-31-16/h1-4,6,8-10,16H,5,7,11-14H2,(H,26,29). The second-order valence-corrected chi connectivity index (χ2v) is 9.23. The van der Waals surface area contributed by atoms with Crippen molar-refractivity contribution >= 4 is 51.3 Å². The Bertz CT molecular complexity index is 1380. The molecule has 5 rings (SSSR count). The summed E-state index contributed by atoms with van der Waals surface area (Å²) in [7, 11) is 0. The topological polar surface area (TPSA) is 86.4 Å². The number of halogens is 1. The fourth-order valence-electron chi connectivity index (χ4n) is 3.93. The number of amides is 1. The smallest absolute Gasteiger partial charge is 0.297 e. The van der Waals surface area contributed by atoms with Crippen molar-refractivity contribution in [1.82, 2.24) is 14.9 Å². The molecule has 2 aromatic heterocycles. The zero-order chi connectivity index (χ0) is 22.8. The molecule has 2 aromatic carbocycles. The van der Waals surface area contributed by atoms with Gasteiger partial charge in [0.1, 0.15) is 11.1 Å². The van der Waals surface area contributed by atoms with Crippen molar-refractivity contribution in [3.63, 3.8) is 0 Å². The molecule has 1 saturated heterocycles. The molecule has 33 heavy (non-hydrogen) atoms. The summed E-state index contributed by atoms with van der Waals surface area (Å²) < 4.78 is 13.1. The van der Waals surface area contributed by atoms with Crippen LogP contribution in [-0.2, 0) is 22.6 Å². The summed E-state index contributed by atoms with van der Waals surface area (Å²) in [6, 6.07) is 14.8. The molecule has 0 saturated carbocycles. The number of benzene rings is 2. The second kappa shape index (κ2) is 9.59. The number of ether oxygens (including phenoxy) is 1. The summed E-state index contributed by atoms with van der Waals surface area (Å²) in [5, 5.41) is 4.73. The molecule has 1 N–H and O–H groups in total. The molecule has 3 heterocycles. The van der Waals surface area contributed by atoms with Gasteiger partial charge in [-0.2, -0.15) is 0 Å². The van der Waals surface area contributed by atoms with Gasteiger partial charge >= 0.3 is 0 Å². The first kappa shape index (κ1) is 22.0. The summed E-state index contributed by atoms with van der Waals surface area (Å²) >= 11 is 7.40.